The number of thiophene rings is 1. The van der Waals surface area contributed by atoms with Crippen molar-refractivity contribution >= 4 is 17.3 Å². The number of methoxy groups -OCH3 is 1. The first-order valence-electron chi connectivity index (χ1n) is 8.33. The molecule has 25 heavy (non-hydrogen) atoms. The van der Waals surface area contributed by atoms with Gasteiger partial charge in [-0.15, -0.1) is 11.3 Å². The first-order valence-corrected chi connectivity index (χ1v) is 9.15. The molecule has 0 radical (unpaired) electrons. The van der Waals surface area contributed by atoms with Crippen LogP contribution in [0.2, 0.25) is 0 Å². The minimum absolute atomic E-state index is 0.244. The van der Waals surface area contributed by atoms with Crippen molar-refractivity contribution in [3.8, 4) is 5.75 Å². The standard InChI is InChI=1S/C19H28N4OS/c1-14-6-11-17(25-14)12-21-19(20-2)22-13-18(23(3)4)15-7-9-16(24-5)10-8-15/h6-11,18H,12-13H2,1-5H3,(H2,20,21,22). The van der Waals surface area contributed by atoms with E-state index >= 15 is 0 Å². The summed E-state index contributed by atoms with van der Waals surface area (Å²) in [6.07, 6.45) is 0. The van der Waals surface area contributed by atoms with Crippen molar-refractivity contribution < 1.29 is 4.74 Å². The molecule has 0 saturated heterocycles. The topological polar surface area (TPSA) is 48.9 Å². The summed E-state index contributed by atoms with van der Waals surface area (Å²) in [5.74, 6) is 1.68. The summed E-state index contributed by atoms with van der Waals surface area (Å²) in [6, 6.07) is 12.7. The van der Waals surface area contributed by atoms with Gasteiger partial charge in [-0.05, 0) is 50.8 Å². The minimum atomic E-state index is 0.244. The maximum absolute atomic E-state index is 5.24. The van der Waals surface area contributed by atoms with Crippen LogP contribution in [0.25, 0.3) is 0 Å². The lowest BCUT2D eigenvalue weighted by molar-refractivity contribution is 0.298. The molecule has 1 aromatic carbocycles. The average molecular weight is 361 g/mol. The van der Waals surface area contributed by atoms with E-state index in [4.69, 9.17) is 4.74 Å². The van der Waals surface area contributed by atoms with Crippen LogP contribution in [0.4, 0.5) is 0 Å². The number of aryl methyl sites for hydroxylation is 1. The van der Waals surface area contributed by atoms with Crippen molar-refractivity contribution in [3.63, 3.8) is 0 Å². The monoisotopic (exact) mass is 360 g/mol. The maximum atomic E-state index is 5.24. The molecule has 0 aliphatic heterocycles. The molecule has 0 saturated carbocycles. The molecule has 1 unspecified atom stereocenters. The van der Waals surface area contributed by atoms with Crippen molar-refractivity contribution in [1.82, 2.24) is 15.5 Å². The van der Waals surface area contributed by atoms with E-state index in [1.807, 2.05) is 12.1 Å². The molecule has 0 amide bonds. The van der Waals surface area contributed by atoms with E-state index in [1.165, 1.54) is 15.3 Å². The number of ether oxygens (including phenoxy) is 1. The highest BCUT2D eigenvalue weighted by molar-refractivity contribution is 7.11. The SMILES string of the molecule is CN=C(NCc1ccc(C)s1)NCC(c1ccc(OC)cc1)N(C)C. The smallest absolute Gasteiger partial charge is 0.191 e. The Labute approximate surface area is 154 Å². The van der Waals surface area contributed by atoms with Gasteiger partial charge in [-0.25, -0.2) is 0 Å². The van der Waals surface area contributed by atoms with Crippen molar-refractivity contribution in [3.05, 3.63) is 51.7 Å². The minimum Gasteiger partial charge on any atom is -0.497 e. The van der Waals surface area contributed by atoms with Gasteiger partial charge in [-0.2, -0.15) is 0 Å². The van der Waals surface area contributed by atoms with Crippen LogP contribution in [0, 0.1) is 6.92 Å². The van der Waals surface area contributed by atoms with Gasteiger partial charge in [-0.3, -0.25) is 4.99 Å². The third kappa shape index (κ3) is 5.76. The summed E-state index contributed by atoms with van der Waals surface area (Å²) in [7, 11) is 7.65. The number of aliphatic imine (C=N–C) groups is 1. The van der Waals surface area contributed by atoms with Gasteiger partial charge in [-0.1, -0.05) is 12.1 Å². The van der Waals surface area contributed by atoms with E-state index < -0.39 is 0 Å². The molecule has 0 spiro atoms. The predicted octanol–water partition coefficient (Wildman–Crippen LogP) is 3.03. The number of guanidine groups is 1. The van der Waals surface area contributed by atoms with Gasteiger partial charge in [0.15, 0.2) is 5.96 Å². The van der Waals surface area contributed by atoms with Gasteiger partial charge >= 0.3 is 0 Å². The highest BCUT2D eigenvalue weighted by atomic mass is 32.1. The number of hydrogen-bond acceptors (Lipinski definition) is 4. The van der Waals surface area contributed by atoms with Crippen molar-refractivity contribution in [2.24, 2.45) is 4.99 Å². The molecule has 1 aromatic heterocycles. The lowest BCUT2D eigenvalue weighted by Crippen LogP contribution is -2.41. The van der Waals surface area contributed by atoms with Gasteiger partial charge in [0.1, 0.15) is 5.75 Å². The lowest BCUT2D eigenvalue weighted by atomic mass is 10.1. The van der Waals surface area contributed by atoms with Crippen molar-refractivity contribution in [2.45, 2.75) is 19.5 Å². The molecule has 6 heteroatoms. The van der Waals surface area contributed by atoms with Crippen molar-refractivity contribution in [1.29, 1.82) is 0 Å². The third-order valence-electron chi connectivity index (χ3n) is 4.04. The van der Waals surface area contributed by atoms with Crippen LogP contribution in [0.15, 0.2) is 41.4 Å². The Balaban J connectivity index is 1.93. The Hall–Kier alpha value is -2.05. The highest BCUT2D eigenvalue weighted by Crippen LogP contribution is 2.20. The van der Waals surface area contributed by atoms with Gasteiger partial charge in [0, 0.05) is 23.3 Å². The Bertz CT molecular complexity index is 679. The van der Waals surface area contributed by atoms with Gasteiger partial charge in [0.05, 0.1) is 19.7 Å². The molecular formula is C19H28N4OS. The zero-order chi connectivity index (χ0) is 18.2. The van der Waals surface area contributed by atoms with E-state index in [1.54, 1.807) is 25.5 Å². The highest BCUT2D eigenvalue weighted by Gasteiger charge is 2.15. The van der Waals surface area contributed by atoms with E-state index in [2.05, 4.69) is 65.8 Å². The van der Waals surface area contributed by atoms with Crippen LogP contribution >= 0.6 is 11.3 Å². The van der Waals surface area contributed by atoms with Crippen LogP contribution in [0.1, 0.15) is 21.4 Å². The lowest BCUT2D eigenvalue weighted by Gasteiger charge is -2.26. The molecule has 0 aliphatic carbocycles. The molecule has 0 bridgehead atoms. The Morgan fingerprint density at radius 3 is 2.40 bits per heavy atom. The fourth-order valence-corrected chi connectivity index (χ4v) is 3.42. The molecule has 0 fully saturated rings. The maximum Gasteiger partial charge on any atom is 0.191 e. The normalized spacial score (nSPS) is 13.0. The first kappa shape index (κ1) is 19.3. The zero-order valence-electron chi connectivity index (χ0n) is 15.7. The zero-order valence-corrected chi connectivity index (χ0v) is 16.5. The Kier molecular flexibility index (Phi) is 7.28. The van der Waals surface area contributed by atoms with Gasteiger partial charge in [0.2, 0.25) is 0 Å². The van der Waals surface area contributed by atoms with Gasteiger partial charge < -0.3 is 20.3 Å². The number of hydrogen-bond donors (Lipinski definition) is 2. The van der Waals surface area contributed by atoms with E-state index in [0.717, 1.165) is 24.8 Å². The molecule has 2 aromatic rings. The molecule has 5 nitrogen and oxygen atoms in total. The molecule has 0 aliphatic rings. The third-order valence-corrected chi connectivity index (χ3v) is 5.04. The number of benzene rings is 1. The van der Waals surface area contributed by atoms with Crippen LogP contribution < -0.4 is 15.4 Å². The predicted molar refractivity (Wildman–Crippen MR) is 107 cm³/mol. The van der Waals surface area contributed by atoms with E-state index in [0.29, 0.717) is 0 Å². The number of rotatable bonds is 7. The fraction of sp³-hybridized carbons (Fsp3) is 0.421. The second-order valence-electron chi connectivity index (χ2n) is 6.07. The summed E-state index contributed by atoms with van der Waals surface area (Å²) >= 11 is 1.80. The van der Waals surface area contributed by atoms with Crippen LogP contribution in [0.3, 0.4) is 0 Å². The Morgan fingerprint density at radius 1 is 1.16 bits per heavy atom. The first-order chi connectivity index (χ1) is 12.0. The van der Waals surface area contributed by atoms with E-state index in [-0.39, 0.29) is 6.04 Å². The molecule has 2 rings (SSSR count). The second-order valence-corrected chi connectivity index (χ2v) is 7.44. The van der Waals surface area contributed by atoms with Crippen LogP contribution in [-0.4, -0.2) is 45.7 Å². The number of likely N-dealkylation sites (N-methyl/N-ethyl adjacent to an activating group) is 1. The van der Waals surface area contributed by atoms with Crippen LogP contribution in [0.5, 0.6) is 5.75 Å². The fourth-order valence-electron chi connectivity index (χ4n) is 2.59. The average Bonchev–Trinajstić information content (AvgIpc) is 3.03. The van der Waals surface area contributed by atoms with E-state index in [9.17, 15) is 0 Å². The second kappa shape index (κ2) is 9.44. The summed E-state index contributed by atoms with van der Waals surface area (Å²) in [5, 5.41) is 6.80. The number of nitrogens with one attached hydrogen (secondary N) is 2. The summed E-state index contributed by atoms with van der Waals surface area (Å²) < 4.78 is 5.24. The summed E-state index contributed by atoms with van der Waals surface area (Å²) in [6.45, 7) is 3.67. The molecule has 1 heterocycles. The largest absolute Gasteiger partial charge is 0.497 e. The Morgan fingerprint density at radius 2 is 1.88 bits per heavy atom. The van der Waals surface area contributed by atoms with Crippen molar-refractivity contribution in [2.75, 3.05) is 34.8 Å². The number of nitrogens with zero attached hydrogens (tertiary/aromatic N) is 2. The quantitative estimate of drug-likeness (QED) is 0.589. The molecule has 2 N–H and O–H groups in total. The molecular weight excluding hydrogens is 332 g/mol. The summed E-state index contributed by atoms with van der Waals surface area (Å²) in [5.41, 5.74) is 1.24. The van der Waals surface area contributed by atoms with Crippen LogP contribution in [-0.2, 0) is 6.54 Å². The summed E-state index contributed by atoms with van der Waals surface area (Å²) in [4.78, 5) is 9.15. The van der Waals surface area contributed by atoms with Gasteiger partial charge in [0.25, 0.3) is 0 Å². The molecule has 1 atom stereocenters. The molecule has 136 valence electrons.